The summed E-state index contributed by atoms with van der Waals surface area (Å²) in [7, 11) is 0. The van der Waals surface area contributed by atoms with E-state index < -0.39 is 0 Å². The standard InChI is InChI=1S/C18H12BrNS4/c19-10-9-11(17-21-12-5-1-2-6-13(12)22-17)20-16(10)18-23-14-7-3-4-8-15(14)24-18/h1-9,17-18,20H. The number of rotatable bonds is 2. The predicted octanol–water partition coefficient (Wildman–Crippen LogP) is 7.57. The number of benzene rings is 2. The maximum Gasteiger partial charge on any atom is 0.101 e. The van der Waals surface area contributed by atoms with Gasteiger partial charge in [0.25, 0.3) is 0 Å². The van der Waals surface area contributed by atoms with Gasteiger partial charge in [-0.15, -0.1) is 47.0 Å². The molecule has 120 valence electrons. The van der Waals surface area contributed by atoms with Crippen LogP contribution >= 0.6 is 63.0 Å². The Morgan fingerprint density at radius 3 is 1.67 bits per heavy atom. The van der Waals surface area contributed by atoms with Crippen LogP contribution in [0.5, 0.6) is 0 Å². The van der Waals surface area contributed by atoms with Crippen molar-refractivity contribution in [3.8, 4) is 0 Å². The number of aromatic nitrogens is 1. The lowest BCUT2D eigenvalue weighted by Crippen LogP contribution is -1.89. The number of halogens is 1. The molecular weight excluding hydrogens is 438 g/mol. The maximum atomic E-state index is 3.78. The lowest BCUT2D eigenvalue weighted by molar-refractivity contribution is 1.13. The van der Waals surface area contributed by atoms with Crippen LogP contribution in [-0.2, 0) is 0 Å². The van der Waals surface area contributed by atoms with E-state index in [1.807, 2.05) is 47.0 Å². The predicted molar refractivity (Wildman–Crippen MR) is 110 cm³/mol. The Kier molecular flexibility index (Phi) is 4.22. The largest absolute Gasteiger partial charge is 0.358 e. The number of hydrogen-bond donors (Lipinski definition) is 1. The van der Waals surface area contributed by atoms with Crippen LogP contribution in [0.3, 0.4) is 0 Å². The molecule has 0 amide bonds. The summed E-state index contributed by atoms with van der Waals surface area (Å²) in [4.78, 5) is 9.24. The summed E-state index contributed by atoms with van der Waals surface area (Å²) in [5.74, 6) is 0. The van der Waals surface area contributed by atoms with Crippen molar-refractivity contribution in [3.63, 3.8) is 0 Å². The molecule has 2 aliphatic heterocycles. The van der Waals surface area contributed by atoms with Gasteiger partial charge >= 0.3 is 0 Å². The van der Waals surface area contributed by atoms with Crippen LogP contribution in [-0.4, -0.2) is 4.98 Å². The zero-order valence-electron chi connectivity index (χ0n) is 12.4. The Bertz CT molecular complexity index is 873. The number of thioether (sulfide) groups is 4. The van der Waals surface area contributed by atoms with Crippen molar-refractivity contribution in [1.82, 2.24) is 4.98 Å². The molecule has 0 bridgehead atoms. The van der Waals surface area contributed by atoms with Crippen molar-refractivity contribution in [2.45, 2.75) is 28.7 Å². The third kappa shape index (κ3) is 2.76. The minimum atomic E-state index is 0.393. The number of nitrogens with one attached hydrogen (secondary N) is 1. The van der Waals surface area contributed by atoms with E-state index in [2.05, 4.69) is 75.5 Å². The van der Waals surface area contributed by atoms with Crippen molar-refractivity contribution >= 4 is 63.0 Å². The zero-order valence-corrected chi connectivity index (χ0v) is 17.2. The monoisotopic (exact) mass is 449 g/mol. The van der Waals surface area contributed by atoms with Crippen LogP contribution in [0.25, 0.3) is 0 Å². The molecule has 6 heteroatoms. The van der Waals surface area contributed by atoms with Crippen LogP contribution < -0.4 is 0 Å². The minimum Gasteiger partial charge on any atom is -0.358 e. The average Bonchev–Trinajstić information content (AvgIpc) is 3.29. The molecule has 0 atom stereocenters. The Morgan fingerprint density at radius 2 is 1.17 bits per heavy atom. The highest BCUT2D eigenvalue weighted by molar-refractivity contribution is 9.10. The lowest BCUT2D eigenvalue weighted by Gasteiger charge is -2.08. The van der Waals surface area contributed by atoms with Crippen LogP contribution in [0.15, 0.2) is 78.7 Å². The molecule has 0 saturated carbocycles. The highest BCUT2D eigenvalue weighted by Crippen LogP contribution is 2.60. The van der Waals surface area contributed by atoms with E-state index in [-0.39, 0.29) is 0 Å². The van der Waals surface area contributed by atoms with Gasteiger partial charge in [0, 0.05) is 29.7 Å². The second kappa shape index (κ2) is 6.40. The van der Waals surface area contributed by atoms with E-state index in [0.29, 0.717) is 9.16 Å². The molecule has 0 radical (unpaired) electrons. The van der Waals surface area contributed by atoms with Crippen LogP contribution in [0.1, 0.15) is 20.6 Å². The molecule has 2 aliphatic rings. The van der Waals surface area contributed by atoms with E-state index in [4.69, 9.17) is 0 Å². The van der Waals surface area contributed by atoms with Crippen molar-refractivity contribution in [3.05, 3.63) is 70.5 Å². The average molecular weight is 450 g/mol. The van der Waals surface area contributed by atoms with Crippen molar-refractivity contribution in [2.24, 2.45) is 0 Å². The van der Waals surface area contributed by atoms with E-state index in [0.717, 1.165) is 0 Å². The number of H-pyrrole nitrogens is 1. The van der Waals surface area contributed by atoms with Crippen molar-refractivity contribution < 1.29 is 0 Å². The van der Waals surface area contributed by atoms with Crippen LogP contribution in [0.4, 0.5) is 0 Å². The van der Waals surface area contributed by atoms with Gasteiger partial charge in [0.2, 0.25) is 0 Å². The molecule has 0 fully saturated rings. The Morgan fingerprint density at radius 1 is 0.708 bits per heavy atom. The fraction of sp³-hybridized carbons (Fsp3) is 0.111. The van der Waals surface area contributed by atoms with Gasteiger partial charge in [0.1, 0.15) is 4.58 Å². The summed E-state index contributed by atoms with van der Waals surface area (Å²) in [5, 5.41) is 0. The van der Waals surface area contributed by atoms with Gasteiger partial charge in [-0.1, -0.05) is 24.3 Å². The molecule has 0 aliphatic carbocycles. The molecule has 2 aromatic carbocycles. The van der Waals surface area contributed by atoms with Gasteiger partial charge in [-0.3, -0.25) is 0 Å². The summed E-state index contributed by atoms with van der Waals surface area (Å²) in [6.45, 7) is 0. The minimum absolute atomic E-state index is 0.393. The highest BCUT2D eigenvalue weighted by atomic mass is 79.9. The first-order valence-corrected chi connectivity index (χ1v) is 11.8. The van der Waals surface area contributed by atoms with Crippen molar-refractivity contribution in [2.75, 3.05) is 0 Å². The third-order valence-corrected chi connectivity index (χ3v) is 10.3. The fourth-order valence-corrected chi connectivity index (χ4v) is 9.30. The Labute approximate surface area is 166 Å². The number of aromatic amines is 1. The fourth-order valence-electron chi connectivity index (χ4n) is 2.81. The molecule has 5 rings (SSSR count). The number of fused-ring (bicyclic) bond motifs is 2. The smallest absolute Gasteiger partial charge is 0.101 e. The molecular formula is C18H12BrNS4. The molecule has 3 aromatic rings. The highest BCUT2D eigenvalue weighted by Gasteiger charge is 2.30. The lowest BCUT2D eigenvalue weighted by atomic mass is 10.4. The summed E-state index contributed by atoms with van der Waals surface area (Å²) in [6, 6.07) is 19.6. The molecule has 0 spiro atoms. The summed E-state index contributed by atoms with van der Waals surface area (Å²) in [5.41, 5.74) is 2.58. The van der Waals surface area contributed by atoms with Gasteiger partial charge in [-0.25, -0.2) is 0 Å². The first-order chi connectivity index (χ1) is 11.8. The molecule has 0 saturated heterocycles. The second-order valence-electron chi connectivity index (χ2n) is 5.52. The molecule has 1 aromatic heterocycles. The third-order valence-electron chi connectivity index (χ3n) is 3.94. The molecule has 1 N–H and O–H groups in total. The summed E-state index contributed by atoms with van der Waals surface area (Å²) in [6.07, 6.45) is 0. The van der Waals surface area contributed by atoms with Gasteiger partial charge < -0.3 is 4.98 Å². The first kappa shape index (κ1) is 15.8. The van der Waals surface area contributed by atoms with E-state index in [9.17, 15) is 0 Å². The molecule has 1 nitrogen and oxygen atoms in total. The van der Waals surface area contributed by atoms with Gasteiger partial charge in [-0.2, -0.15) is 0 Å². The van der Waals surface area contributed by atoms with Gasteiger partial charge in [-0.05, 0) is 46.3 Å². The second-order valence-corrected chi connectivity index (χ2v) is 11.6. The SMILES string of the molecule is Brc1cc(C2Sc3ccccc3S2)[nH]c1C1Sc2ccccc2S1. The first-order valence-electron chi connectivity index (χ1n) is 7.51. The zero-order chi connectivity index (χ0) is 16.1. The Hall–Kier alpha value is -0.400. The topological polar surface area (TPSA) is 15.8 Å². The summed E-state index contributed by atoms with van der Waals surface area (Å²) < 4.78 is 1.99. The van der Waals surface area contributed by atoms with E-state index in [1.165, 1.54) is 35.4 Å². The van der Waals surface area contributed by atoms with Crippen molar-refractivity contribution in [1.29, 1.82) is 0 Å². The maximum absolute atomic E-state index is 3.78. The van der Waals surface area contributed by atoms with E-state index in [1.54, 1.807) is 0 Å². The van der Waals surface area contributed by atoms with Crippen LogP contribution in [0.2, 0.25) is 0 Å². The summed E-state index contributed by atoms with van der Waals surface area (Å²) >= 11 is 11.5. The Balaban J connectivity index is 1.41. The molecule has 0 unspecified atom stereocenters. The van der Waals surface area contributed by atoms with Crippen LogP contribution in [0, 0.1) is 0 Å². The molecule has 24 heavy (non-hydrogen) atoms. The van der Waals surface area contributed by atoms with Gasteiger partial charge in [0.15, 0.2) is 0 Å². The quantitative estimate of drug-likeness (QED) is 0.433. The van der Waals surface area contributed by atoms with E-state index >= 15 is 0 Å². The number of hydrogen-bond acceptors (Lipinski definition) is 4. The molecule has 3 heterocycles. The normalized spacial score (nSPS) is 17.2. The van der Waals surface area contributed by atoms with Gasteiger partial charge in [0.05, 0.1) is 10.3 Å².